The fourth-order valence-electron chi connectivity index (χ4n) is 2.04. The average Bonchev–Trinajstić information content (AvgIpc) is 2.62. The summed E-state index contributed by atoms with van der Waals surface area (Å²) in [6, 6.07) is 0. The van der Waals surface area contributed by atoms with Crippen LogP contribution in [0.2, 0.25) is 0 Å². The third-order valence-corrected chi connectivity index (χ3v) is 4.42. The van der Waals surface area contributed by atoms with Crippen LogP contribution in [0.25, 0.3) is 0 Å². The molecular weight excluding hydrogens is 350 g/mol. The lowest BCUT2D eigenvalue weighted by molar-refractivity contribution is -0.124. The van der Waals surface area contributed by atoms with Gasteiger partial charge in [-0.3, -0.25) is 9.69 Å². The first-order chi connectivity index (χ1) is 11.6. The van der Waals surface area contributed by atoms with Crippen molar-refractivity contribution in [1.82, 2.24) is 14.5 Å². The zero-order valence-electron chi connectivity index (χ0n) is 15.7. The summed E-state index contributed by atoms with van der Waals surface area (Å²) in [5.41, 5.74) is 0. The van der Waals surface area contributed by atoms with Gasteiger partial charge in [-0.2, -0.15) is 0 Å². The van der Waals surface area contributed by atoms with Gasteiger partial charge in [-0.05, 0) is 0 Å². The maximum Gasteiger partial charge on any atom is 0.245 e. The van der Waals surface area contributed by atoms with Gasteiger partial charge < -0.3 is 25.4 Å². The summed E-state index contributed by atoms with van der Waals surface area (Å²) in [6.07, 6.45) is 1.72. The fraction of sp³-hybridized carbons (Fsp3) is 0.933. The molecule has 0 radical (unpaired) electrons. The van der Waals surface area contributed by atoms with E-state index in [9.17, 15) is 9.00 Å². The van der Waals surface area contributed by atoms with Crippen LogP contribution in [0.4, 0.5) is 0 Å². The third kappa shape index (κ3) is 14.3. The first kappa shape index (κ1) is 26.6. The molecule has 0 aromatic heterocycles. The number of carbonyl (C=O) groups is 1. The van der Waals surface area contributed by atoms with Crippen LogP contribution in [0, 0.1) is 0 Å². The molecule has 0 aromatic rings. The highest BCUT2D eigenvalue weighted by Gasteiger charge is 2.18. The van der Waals surface area contributed by atoms with Gasteiger partial charge in [-0.1, -0.05) is 13.8 Å². The van der Waals surface area contributed by atoms with E-state index in [1.54, 1.807) is 6.26 Å². The molecule has 1 atom stereocenters. The first-order valence-electron chi connectivity index (χ1n) is 8.47. The maximum atomic E-state index is 11.3. The molecule has 1 unspecified atom stereocenters. The molecule has 1 heterocycles. The van der Waals surface area contributed by atoms with Crippen LogP contribution in [-0.2, 0) is 25.3 Å². The van der Waals surface area contributed by atoms with Crippen molar-refractivity contribution in [2.45, 2.75) is 13.8 Å². The molecule has 0 bridgehead atoms. The molecule has 1 rings (SSSR count). The standard InChI is InChI=1S/C13H27N3O5S.C2H6.H2O.H2/c1-22(19)16-5-3-15(4-6-16)7-9-21-11-10-20-8-2-14-13(18)12-17;1-2;;/h17H,2-12H2,1H3,(H,14,18);1-2H3;1H2;1H. The number of rotatable bonds is 11. The van der Waals surface area contributed by atoms with Crippen molar-refractivity contribution in [3.05, 3.63) is 0 Å². The Balaban J connectivity index is -0.00000127. The van der Waals surface area contributed by atoms with Gasteiger partial charge in [-0.25, -0.2) is 8.51 Å². The summed E-state index contributed by atoms with van der Waals surface area (Å²) in [5, 5.41) is 11.0. The Kier molecular flexibility index (Phi) is 19.3. The van der Waals surface area contributed by atoms with Crippen molar-refractivity contribution in [2.24, 2.45) is 0 Å². The van der Waals surface area contributed by atoms with E-state index in [0.717, 1.165) is 32.7 Å². The van der Waals surface area contributed by atoms with Crippen LogP contribution >= 0.6 is 0 Å². The van der Waals surface area contributed by atoms with Gasteiger partial charge in [0.15, 0.2) is 0 Å². The molecule has 0 aromatic carbocycles. The number of aliphatic hydroxyl groups is 1. The Morgan fingerprint density at radius 3 is 2.20 bits per heavy atom. The van der Waals surface area contributed by atoms with Gasteiger partial charge >= 0.3 is 0 Å². The number of hydrogen-bond donors (Lipinski definition) is 2. The molecule has 4 N–H and O–H groups in total. The number of hydrogen-bond acceptors (Lipinski definition) is 6. The number of nitrogens with one attached hydrogen (secondary N) is 1. The molecule has 0 saturated carbocycles. The lowest BCUT2D eigenvalue weighted by Crippen LogP contribution is -2.47. The summed E-state index contributed by atoms with van der Waals surface area (Å²) < 4.78 is 24.1. The quantitative estimate of drug-likeness (QED) is 0.415. The van der Waals surface area contributed by atoms with Crippen LogP contribution < -0.4 is 5.32 Å². The predicted octanol–water partition coefficient (Wildman–Crippen LogP) is -1.51. The van der Waals surface area contributed by atoms with Gasteiger partial charge in [0.1, 0.15) is 6.61 Å². The number of nitrogens with zero attached hydrogens (tertiary/aromatic N) is 2. The zero-order chi connectivity index (χ0) is 18.2. The van der Waals surface area contributed by atoms with Crippen LogP contribution in [-0.4, -0.2) is 108 Å². The second-order valence-corrected chi connectivity index (χ2v) is 6.29. The summed E-state index contributed by atoms with van der Waals surface area (Å²) in [4.78, 5) is 13.0. The van der Waals surface area contributed by atoms with Gasteiger partial charge in [0.05, 0.1) is 37.4 Å². The molecule has 25 heavy (non-hydrogen) atoms. The largest absolute Gasteiger partial charge is 0.412 e. The molecule has 0 aliphatic carbocycles. The molecule has 1 saturated heterocycles. The van der Waals surface area contributed by atoms with Gasteiger partial charge in [0, 0.05) is 47.0 Å². The van der Waals surface area contributed by atoms with Crippen LogP contribution in [0.5, 0.6) is 0 Å². The van der Waals surface area contributed by atoms with Crippen molar-refractivity contribution < 1.29 is 30.5 Å². The van der Waals surface area contributed by atoms with Crippen molar-refractivity contribution in [1.29, 1.82) is 0 Å². The van der Waals surface area contributed by atoms with E-state index < -0.39 is 23.5 Å². The monoisotopic (exact) mass is 387 g/mol. The molecule has 1 aliphatic heterocycles. The molecule has 1 aliphatic rings. The summed E-state index contributed by atoms with van der Waals surface area (Å²) in [6.45, 7) is 10.4. The molecule has 154 valence electrons. The summed E-state index contributed by atoms with van der Waals surface area (Å²) >= 11 is 0. The smallest absolute Gasteiger partial charge is 0.245 e. The van der Waals surface area contributed by atoms with Crippen molar-refractivity contribution in [3.63, 3.8) is 0 Å². The van der Waals surface area contributed by atoms with Crippen molar-refractivity contribution in [2.75, 3.05) is 78.6 Å². The molecule has 0 spiro atoms. The van der Waals surface area contributed by atoms with Crippen molar-refractivity contribution >= 4 is 16.9 Å². The molecule has 1 amide bonds. The number of amides is 1. The number of piperazine rings is 1. The van der Waals surface area contributed by atoms with E-state index in [2.05, 4.69) is 10.2 Å². The summed E-state index contributed by atoms with van der Waals surface area (Å²) in [5.74, 6) is -0.396. The summed E-state index contributed by atoms with van der Waals surface area (Å²) in [7, 11) is -0.865. The number of carbonyl (C=O) groups excluding carboxylic acids is 1. The van der Waals surface area contributed by atoms with Crippen LogP contribution in [0.15, 0.2) is 0 Å². The zero-order valence-corrected chi connectivity index (χ0v) is 16.5. The SMILES string of the molecule is CC.CS(=O)N1CCN(CCOCCOCCNC(=O)CO)CC1.O.[HH]. The molecule has 1 fully saturated rings. The Morgan fingerprint density at radius 1 is 1.12 bits per heavy atom. The Morgan fingerprint density at radius 2 is 1.68 bits per heavy atom. The second-order valence-electron chi connectivity index (χ2n) is 4.93. The highest BCUT2D eigenvalue weighted by Crippen LogP contribution is 2.02. The highest BCUT2D eigenvalue weighted by molar-refractivity contribution is 7.81. The molecular formula is C15H37N3O6S. The van der Waals surface area contributed by atoms with E-state index in [0.29, 0.717) is 33.0 Å². The van der Waals surface area contributed by atoms with E-state index in [4.69, 9.17) is 14.6 Å². The normalized spacial score (nSPS) is 16.3. The average molecular weight is 388 g/mol. The Labute approximate surface area is 155 Å². The van der Waals surface area contributed by atoms with E-state index in [-0.39, 0.29) is 6.90 Å². The first-order valence-corrected chi connectivity index (χ1v) is 9.99. The fourth-order valence-corrected chi connectivity index (χ4v) is 2.72. The van der Waals surface area contributed by atoms with E-state index in [1.807, 2.05) is 18.2 Å². The maximum absolute atomic E-state index is 11.3. The number of aliphatic hydroxyl groups excluding tert-OH is 1. The highest BCUT2D eigenvalue weighted by atomic mass is 32.2. The van der Waals surface area contributed by atoms with Crippen LogP contribution in [0.1, 0.15) is 15.3 Å². The molecule has 10 heteroatoms. The Hall–Kier alpha value is -0.620. The third-order valence-electron chi connectivity index (χ3n) is 3.33. The van der Waals surface area contributed by atoms with E-state index >= 15 is 0 Å². The van der Waals surface area contributed by atoms with E-state index in [1.165, 1.54) is 0 Å². The minimum Gasteiger partial charge on any atom is -0.412 e. The number of ether oxygens (including phenoxy) is 2. The Bertz CT molecular complexity index is 347. The van der Waals surface area contributed by atoms with Gasteiger partial charge in [-0.15, -0.1) is 0 Å². The lowest BCUT2D eigenvalue weighted by Gasteiger charge is -2.32. The van der Waals surface area contributed by atoms with Gasteiger partial charge in [0.25, 0.3) is 0 Å². The minimum atomic E-state index is -0.865. The predicted molar refractivity (Wildman–Crippen MR) is 101 cm³/mol. The van der Waals surface area contributed by atoms with Crippen molar-refractivity contribution in [3.8, 4) is 0 Å². The van der Waals surface area contributed by atoms with Crippen LogP contribution in [0.3, 0.4) is 0 Å². The van der Waals surface area contributed by atoms with Gasteiger partial charge in [0.2, 0.25) is 5.91 Å². The lowest BCUT2D eigenvalue weighted by atomic mass is 10.3. The topological polar surface area (TPSA) is 123 Å². The molecule has 9 nitrogen and oxygen atoms in total. The second kappa shape index (κ2) is 18.2. The minimum absolute atomic E-state index is 0.